The fourth-order valence-corrected chi connectivity index (χ4v) is 2.81. The number of ether oxygens (including phenoxy) is 1. The largest absolute Gasteiger partial charge is 0.385 e. The maximum atomic E-state index is 12.2. The molecule has 8 heteroatoms. The van der Waals surface area contributed by atoms with E-state index in [2.05, 4.69) is 30.1 Å². The van der Waals surface area contributed by atoms with Gasteiger partial charge in [0.2, 0.25) is 5.95 Å². The molecule has 3 heterocycles. The fourth-order valence-electron chi connectivity index (χ4n) is 2.81. The molecule has 2 aromatic rings. The van der Waals surface area contributed by atoms with Crippen LogP contribution in [0.2, 0.25) is 0 Å². The third-order valence-corrected chi connectivity index (χ3v) is 4.22. The van der Waals surface area contributed by atoms with Gasteiger partial charge in [-0.3, -0.25) is 4.79 Å². The highest BCUT2D eigenvalue weighted by atomic mass is 16.5. The van der Waals surface area contributed by atoms with Gasteiger partial charge >= 0.3 is 0 Å². The third-order valence-electron chi connectivity index (χ3n) is 4.22. The Morgan fingerprint density at radius 3 is 2.65 bits per heavy atom. The molecule has 8 nitrogen and oxygen atoms in total. The first kappa shape index (κ1) is 18.1. The van der Waals surface area contributed by atoms with E-state index in [1.807, 2.05) is 18.2 Å². The number of anilines is 2. The maximum absolute atomic E-state index is 12.2. The van der Waals surface area contributed by atoms with E-state index in [0.717, 1.165) is 38.4 Å². The number of methoxy groups -OCH3 is 1. The average Bonchev–Trinajstić information content (AvgIpc) is 2.72. The lowest BCUT2D eigenvalue weighted by Crippen LogP contribution is -2.47. The van der Waals surface area contributed by atoms with E-state index in [4.69, 9.17) is 4.74 Å². The lowest BCUT2D eigenvalue weighted by Gasteiger charge is -2.35. The summed E-state index contributed by atoms with van der Waals surface area (Å²) < 4.78 is 4.98. The van der Waals surface area contributed by atoms with Gasteiger partial charge < -0.3 is 19.9 Å². The Bertz CT molecular complexity index is 704. The number of rotatable bonds is 7. The molecule has 1 aliphatic rings. The Morgan fingerprint density at radius 1 is 1.12 bits per heavy atom. The molecule has 2 aromatic heterocycles. The van der Waals surface area contributed by atoms with Gasteiger partial charge in [0.05, 0.1) is 0 Å². The number of pyridine rings is 1. The van der Waals surface area contributed by atoms with Crippen LogP contribution in [0.5, 0.6) is 0 Å². The van der Waals surface area contributed by atoms with Gasteiger partial charge in [-0.05, 0) is 24.6 Å². The van der Waals surface area contributed by atoms with Crippen LogP contribution in [0.1, 0.15) is 16.9 Å². The SMILES string of the molecule is COCCCNC(=O)c1ccnc(N2CCN(c3ccccn3)CC2)n1. The second-order valence-electron chi connectivity index (χ2n) is 6.01. The molecule has 1 aliphatic heterocycles. The molecule has 3 rings (SSSR count). The quantitative estimate of drug-likeness (QED) is 0.740. The molecule has 1 N–H and O–H groups in total. The number of aromatic nitrogens is 3. The second-order valence-corrected chi connectivity index (χ2v) is 6.01. The summed E-state index contributed by atoms with van der Waals surface area (Å²) in [6.45, 7) is 4.44. The molecular formula is C18H24N6O2. The van der Waals surface area contributed by atoms with Crippen molar-refractivity contribution in [2.45, 2.75) is 6.42 Å². The number of nitrogens with zero attached hydrogens (tertiary/aromatic N) is 5. The first-order valence-corrected chi connectivity index (χ1v) is 8.79. The van der Waals surface area contributed by atoms with Crippen LogP contribution in [0.25, 0.3) is 0 Å². The lowest BCUT2D eigenvalue weighted by atomic mass is 10.3. The minimum absolute atomic E-state index is 0.183. The molecule has 0 radical (unpaired) electrons. The molecule has 1 amide bonds. The van der Waals surface area contributed by atoms with Gasteiger partial charge in [0.1, 0.15) is 11.5 Å². The Labute approximate surface area is 153 Å². The van der Waals surface area contributed by atoms with Crippen LogP contribution in [0.4, 0.5) is 11.8 Å². The maximum Gasteiger partial charge on any atom is 0.270 e. The zero-order valence-corrected chi connectivity index (χ0v) is 15.0. The second kappa shape index (κ2) is 9.10. The number of carbonyl (C=O) groups is 1. The Morgan fingerprint density at radius 2 is 1.92 bits per heavy atom. The van der Waals surface area contributed by atoms with Crippen molar-refractivity contribution in [3.8, 4) is 0 Å². The van der Waals surface area contributed by atoms with Gasteiger partial charge in [0, 0.05) is 58.8 Å². The van der Waals surface area contributed by atoms with Crippen LogP contribution in [-0.2, 0) is 4.74 Å². The van der Waals surface area contributed by atoms with Crippen LogP contribution in [0.3, 0.4) is 0 Å². The van der Waals surface area contributed by atoms with Crippen LogP contribution >= 0.6 is 0 Å². The zero-order valence-electron chi connectivity index (χ0n) is 15.0. The third kappa shape index (κ3) is 4.66. The number of piperazine rings is 1. The number of amides is 1. The minimum Gasteiger partial charge on any atom is -0.385 e. The summed E-state index contributed by atoms with van der Waals surface area (Å²) in [4.78, 5) is 29.7. The summed E-state index contributed by atoms with van der Waals surface area (Å²) in [6, 6.07) is 7.56. The number of hydrogen-bond donors (Lipinski definition) is 1. The summed E-state index contributed by atoms with van der Waals surface area (Å²) >= 11 is 0. The zero-order chi connectivity index (χ0) is 18.2. The molecule has 26 heavy (non-hydrogen) atoms. The summed E-state index contributed by atoms with van der Waals surface area (Å²) in [5, 5.41) is 2.85. The first-order chi connectivity index (χ1) is 12.8. The van der Waals surface area contributed by atoms with Crippen LogP contribution in [0, 0.1) is 0 Å². The van der Waals surface area contributed by atoms with Crippen molar-refractivity contribution in [3.63, 3.8) is 0 Å². The van der Waals surface area contributed by atoms with E-state index < -0.39 is 0 Å². The van der Waals surface area contributed by atoms with E-state index in [0.29, 0.717) is 24.8 Å². The Balaban J connectivity index is 1.56. The number of hydrogen-bond acceptors (Lipinski definition) is 7. The van der Waals surface area contributed by atoms with Crippen molar-refractivity contribution >= 4 is 17.7 Å². The Kier molecular flexibility index (Phi) is 6.32. The van der Waals surface area contributed by atoms with Crippen molar-refractivity contribution < 1.29 is 9.53 Å². The molecule has 0 unspecified atom stereocenters. The van der Waals surface area contributed by atoms with E-state index in [-0.39, 0.29) is 5.91 Å². The summed E-state index contributed by atoms with van der Waals surface area (Å²) in [7, 11) is 1.64. The molecular weight excluding hydrogens is 332 g/mol. The summed E-state index contributed by atoms with van der Waals surface area (Å²) in [5.74, 6) is 1.39. The smallest absolute Gasteiger partial charge is 0.270 e. The first-order valence-electron chi connectivity index (χ1n) is 8.79. The van der Waals surface area contributed by atoms with Gasteiger partial charge in [-0.15, -0.1) is 0 Å². The van der Waals surface area contributed by atoms with Crippen molar-refractivity contribution in [3.05, 3.63) is 42.4 Å². The average molecular weight is 356 g/mol. The van der Waals surface area contributed by atoms with Gasteiger partial charge in [0.25, 0.3) is 5.91 Å². The molecule has 0 bridgehead atoms. The van der Waals surface area contributed by atoms with E-state index in [9.17, 15) is 4.79 Å². The molecule has 1 saturated heterocycles. The highest BCUT2D eigenvalue weighted by molar-refractivity contribution is 5.92. The standard InChI is InChI=1S/C18H24N6O2/c1-26-14-4-8-20-17(25)15-6-9-21-18(22-15)24-12-10-23(11-13-24)16-5-2-3-7-19-16/h2-3,5-7,9H,4,8,10-14H2,1H3,(H,20,25). The minimum atomic E-state index is -0.183. The molecule has 138 valence electrons. The van der Waals surface area contributed by atoms with Crippen LogP contribution in [-0.4, -0.2) is 67.3 Å². The number of carbonyl (C=O) groups excluding carboxylic acids is 1. The van der Waals surface area contributed by atoms with E-state index in [1.165, 1.54) is 0 Å². The predicted octanol–water partition coefficient (Wildman–Crippen LogP) is 0.964. The van der Waals surface area contributed by atoms with Crippen LogP contribution in [0.15, 0.2) is 36.7 Å². The molecule has 0 aliphatic carbocycles. The highest BCUT2D eigenvalue weighted by Gasteiger charge is 2.20. The summed E-state index contributed by atoms with van der Waals surface area (Å²) in [5.41, 5.74) is 0.388. The lowest BCUT2D eigenvalue weighted by molar-refractivity contribution is 0.0943. The van der Waals surface area contributed by atoms with Crippen LogP contribution < -0.4 is 15.1 Å². The van der Waals surface area contributed by atoms with Gasteiger partial charge in [-0.1, -0.05) is 6.07 Å². The van der Waals surface area contributed by atoms with Gasteiger partial charge in [-0.2, -0.15) is 0 Å². The molecule has 0 saturated carbocycles. The monoisotopic (exact) mass is 356 g/mol. The molecule has 0 aromatic carbocycles. The normalized spacial score (nSPS) is 14.3. The van der Waals surface area contributed by atoms with E-state index in [1.54, 1.807) is 25.6 Å². The predicted molar refractivity (Wildman–Crippen MR) is 99.5 cm³/mol. The van der Waals surface area contributed by atoms with Crippen molar-refractivity contribution in [2.24, 2.45) is 0 Å². The molecule has 0 atom stereocenters. The molecule has 0 spiro atoms. The highest BCUT2D eigenvalue weighted by Crippen LogP contribution is 2.16. The number of nitrogens with one attached hydrogen (secondary N) is 1. The molecule has 1 fully saturated rings. The summed E-state index contributed by atoms with van der Waals surface area (Å²) in [6.07, 6.45) is 4.22. The fraction of sp³-hybridized carbons (Fsp3) is 0.444. The topological polar surface area (TPSA) is 83.5 Å². The van der Waals surface area contributed by atoms with E-state index >= 15 is 0 Å². The van der Waals surface area contributed by atoms with Gasteiger partial charge in [-0.25, -0.2) is 15.0 Å². The Hall–Kier alpha value is -2.74. The van der Waals surface area contributed by atoms with Crippen molar-refractivity contribution in [2.75, 3.05) is 56.2 Å². The van der Waals surface area contributed by atoms with Crippen molar-refractivity contribution in [1.29, 1.82) is 0 Å². The van der Waals surface area contributed by atoms with Gasteiger partial charge in [0.15, 0.2) is 0 Å². The van der Waals surface area contributed by atoms with Crippen molar-refractivity contribution in [1.82, 2.24) is 20.3 Å².